The Morgan fingerprint density at radius 2 is 1.59 bits per heavy atom. The third-order valence-corrected chi connectivity index (χ3v) is 4.88. The summed E-state index contributed by atoms with van der Waals surface area (Å²) in [5.74, 6) is -0.679. The fourth-order valence-corrected chi connectivity index (χ4v) is 3.21. The summed E-state index contributed by atoms with van der Waals surface area (Å²) < 4.78 is 10.9. The molecule has 34 heavy (non-hydrogen) atoms. The van der Waals surface area contributed by atoms with Crippen molar-refractivity contribution in [2.24, 2.45) is 0 Å². The highest BCUT2D eigenvalue weighted by atomic mass is 16.5. The zero-order chi connectivity index (χ0) is 23.9. The van der Waals surface area contributed by atoms with Gasteiger partial charge in [-0.2, -0.15) is 0 Å². The molecule has 1 aliphatic rings. The van der Waals surface area contributed by atoms with E-state index in [-0.39, 0.29) is 30.2 Å². The predicted octanol–water partition coefficient (Wildman–Crippen LogP) is 3.43. The number of nitrogens with one attached hydrogen (secondary N) is 2. The summed E-state index contributed by atoms with van der Waals surface area (Å²) in [5, 5.41) is 3.82. The van der Waals surface area contributed by atoms with Crippen LogP contribution in [0.15, 0.2) is 78.9 Å². The molecule has 1 saturated heterocycles. The van der Waals surface area contributed by atoms with Gasteiger partial charge >= 0.3 is 5.97 Å². The Bertz CT molecular complexity index is 1210. The van der Waals surface area contributed by atoms with E-state index in [0.717, 1.165) is 5.01 Å². The molecule has 9 heteroatoms. The number of esters is 1. The number of hydrogen-bond donors (Lipinski definition) is 2. The van der Waals surface area contributed by atoms with E-state index >= 15 is 0 Å². The second kappa shape index (κ2) is 10.3. The van der Waals surface area contributed by atoms with Crippen LogP contribution >= 0.6 is 0 Å². The van der Waals surface area contributed by atoms with E-state index in [2.05, 4.69) is 10.7 Å². The number of anilines is 2. The lowest BCUT2D eigenvalue weighted by Crippen LogP contribution is -2.50. The molecule has 0 atom stereocenters. The first-order valence-electron chi connectivity index (χ1n) is 10.5. The number of para-hydroxylation sites is 3. The quantitative estimate of drug-likeness (QED) is 0.524. The minimum Gasteiger partial charge on any atom is -0.455 e. The average Bonchev–Trinajstić information content (AvgIpc) is 2.86. The number of rotatable bonds is 7. The SMILES string of the molecule is O=C(COC(=O)c1ccc(N2NC(=O)CCC2=O)cc1)Nc1ccccc1Oc1ccccc1. The Kier molecular flexibility index (Phi) is 6.83. The predicted molar refractivity (Wildman–Crippen MR) is 123 cm³/mol. The summed E-state index contributed by atoms with van der Waals surface area (Å²) in [6.07, 6.45) is 0.259. The third-order valence-electron chi connectivity index (χ3n) is 4.88. The van der Waals surface area contributed by atoms with Gasteiger partial charge in [0.2, 0.25) is 11.8 Å². The lowest BCUT2D eigenvalue weighted by molar-refractivity contribution is -0.130. The van der Waals surface area contributed by atoms with E-state index in [9.17, 15) is 19.2 Å². The molecule has 0 saturated carbocycles. The highest BCUT2D eigenvalue weighted by Crippen LogP contribution is 2.29. The third kappa shape index (κ3) is 5.57. The summed E-state index contributed by atoms with van der Waals surface area (Å²) >= 11 is 0. The van der Waals surface area contributed by atoms with Crippen LogP contribution in [0.1, 0.15) is 23.2 Å². The topological polar surface area (TPSA) is 114 Å². The number of benzene rings is 3. The van der Waals surface area contributed by atoms with Crippen LogP contribution in [0.5, 0.6) is 11.5 Å². The number of hydrogen-bond acceptors (Lipinski definition) is 6. The van der Waals surface area contributed by atoms with E-state index < -0.39 is 18.5 Å². The molecule has 2 N–H and O–H groups in total. The van der Waals surface area contributed by atoms with Crippen molar-refractivity contribution in [2.75, 3.05) is 16.9 Å². The summed E-state index contributed by atoms with van der Waals surface area (Å²) in [6.45, 7) is -0.499. The smallest absolute Gasteiger partial charge is 0.338 e. The number of carbonyl (C=O) groups is 4. The molecular formula is C25H21N3O6. The van der Waals surface area contributed by atoms with Gasteiger partial charge in [-0.25, -0.2) is 9.80 Å². The summed E-state index contributed by atoms with van der Waals surface area (Å²) in [6, 6.07) is 22.0. The number of nitrogens with zero attached hydrogens (tertiary/aromatic N) is 1. The first kappa shape index (κ1) is 22.5. The molecule has 0 bridgehead atoms. The van der Waals surface area contributed by atoms with Crippen LogP contribution in [0, 0.1) is 0 Å². The maximum absolute atomic E-state index is 12.4. The van der Waals surface area contributed by atoms with Crippen LogP contribution in [0.2, 0.25) is 0 Å². The molecule has 0 radical (unpaired) electrons. The van der Waals surface area contributed by atoms with Crippen LogP contribution in [0.25, 0.3) is 0 Å². The van der Waals surface area contributed by atoms with Crippen molar-refractivity contribution in [1.82, 2.24) is 5.43 Å². The molecule has 4 rings (SSSR count). The Hall–Kier alpha value is -4.66. The van der Waals surface area contributed by atoms with Gasteiger partial charge in [0, 0.05) is 12.8 Å². The Labute approximate surface area is 195 Å². The molecule has 172 valence electrons. The van der Waals surface area contributed by atoms with Crippen LogP contribution in [0.4, 0.5) is 11.4 Å². The number of hydrazine groups is 1. The Morgan fingerprint density at radius 3 is 2.35 bits per heavy atom. The first-order chi connectivity index (χ1) is 16.5. The summed E-state index contributed by atoms with van der Waals surface area (Å²) in [7, 11) is 0. The number of carbonyl (C=O) groups excluding carboxylic acids is 4. The lowest BCUT2D eigenvalue weighted by Gasteiger charge is -2.27. The van der Waals surface area contributed by atoms with Gasteiger partial charge in [-0.05, 0) is 48.5 Å². The van der Waals surface area contributed by atoms with Crippen LogP contribution in [-0.4, -0.2) is 30.3 Å². The van der Waals surface area contributed by atoms with Gasteiger partial charge in [0.1, 0.15) is 5.75 Å². The van der Waals surface area contributed by atoms with Gasteiger partial charge in [-0.15, -0.1) is 0 Å². The fraction of sp³-hybridized carbons (Fsp3) is 0.120. The molecule has 3 aromatic carbocycles. The largest absolute Gasteiger partial charge is 0.455 e. The lowest BCUT2D eigenvalue weighted by atomic mass is 10.2. The molecule has 3 aromatic rings. The van der Waals surface area contributed by atoms with Crippen molar-refractivity contribution in [3.63, 3.8) is 0 Å². The van der Waals surface area contributed by atoms with E-state index in [1.54, 1.807) is 36.4 Å². The van der Waals surface area contributed by atoms with E-state index in [4.69, 9.17) is 9.47 Å². The van der Waals surface area contributed by atoms with Gasteiger partial charge in [0.25, 0.3) is 5.91 Å². The zero-order valence-corrected chi connectivity index (χ0v) is 18.0. The van der Waals surface area contributed by atoms with Crippen molar-refractivity contribution in [3.8, 4) is 11.5 Å². The Morgan fingerprint density at radius 1 is 0.882 bits per heavy atom. The minimum atomic E-state index is -0.704. The van der Waals surface area contributed by atoms with Crippen molar-refractivity contribution >= 4 is 35.1 Å². The van der Waals surface area contributed by atoms with Crippen molar-refractivity contribution in [3.05, 3.63) is 84.4 Å². The normalized spacial score (nSPS) is 13.1. The van der Waals surface area contributed by atoms with Gasteiger partial charge in [0.05, 0.1) is 16.9 Å². The molecule has 0 spiro atoms. The average molecular weight is 459 g/mol. The summed E-state index contributed by atoms with van der Waals surface area (Å²) in [4.78, 5) is 48.2. The molecule has 1 aliphatic heterocycles. The van der Waals surface area contributed by atoms with Gasteiger partial charge < -0.3 is 14.8 Å². The van der Waals surface area contributed by atoms with E-state index in [0.29, 0.717) is 22.9 Å². The fourth-order valence-electron chi connectivity index (χ4n) is 3.21. The zero-order valence-electron chi connectivity index (χ0n) is 18.0. The highest BCUT2D eigenvalue weighted by molar-refractivity contribution is 6.01. The standard InChI is InChI=1S/C25H21N3O6/c29-22-14-15-24(31)28(27-22)18-12-10-17(11-13-18)25(32)33-16-23(30)26-20-8-4-5-9-21(20)34-19-6-2-1-3-7-19/h1-13H,14-16H2,(H,26,30)(H,27,29). The van der Waals surface area contributed by atoms with Crippen LogP contribution < -0.4 is 20.5 Å². The van der Waals surface area contributed by atoms with Crippen molar-refractivity contribution in [1.29, 1.82) is 0 Å². The molecule has 0 unspecified atom stereocenters. The van der Waals surface area contributed by atoms with Crippen LogP contribution in [0.3, 0.4) is 0 Å². The summed E-state index contributed by atoms with van der Waals surface area (Å²) in [5.41, 5.74) is 3.53. The van der Waals surface area contributed by atoms with Crippen LogP contribution in [-0.2, 0) is 19.1 Å². The molecule has 1 fully saturated rings. The monoisotopic (exact) mass is 459 g/mol. The molecule has 0 aromatic heterocycles. The second-order valence-electron chi connectivity index (χ2n) is 7.35. The highest BCUT2D eigenvalue weighted by Gasteiger charge is 2.24. The minimum absolute atomic E-state index is 0.115. The van der Waals surface area contributed by atoms with Gasteiger partial charge in [-0.3, -0.25) is 19.8 Å². The molecule has 3 amide bonds. The maximum atomic E-state index is 12.4. The van der Waals surface area contributed by atoms with E-state index in [1.165, 1.54) is 24.3 Å². The van der Waals surface area contributed by atoms with Crippen molar-refractivity contribution in [2.45, 2.75) is 12.8 Å². The molecule has 0 aliphatic carbocycles. The Balaban J connectivity index is 1.33. The molecule has 1 heterocycles. The van der Waals surface area contributed by atoms with Crippen molar-refractivity contribution < 1.29 is 28.7 Å². The van der Waals surface area contributed by atoms with Gasteiger partial charge in [-0.1, -0.05) is 30.3 Å². The van der Waals surface area contributed by atoms with E-state index in [1.807, 2.05) is 18.2 Å². The first-order valence-corrected chi connectivity index (χ1v) is 10.5. The maximum Gasteiger partial charge on any atom is 0.338 e. The number of ether oxygens (including phenoxy) is 2. The molecular weight excluding hydrogens is 438 g/mol. The second-order valence-corrected chi connectivity index (χ2v) is 7.35. The number of amides is 3. The van der Waals surface area contributed by atoms with Gasteiger partial charge in [0.15, 0.2) is 12.4 Å². The molecule has 9 nitrogen and oxygen atoms in total.